The number of hydrogen-bond donors (Lipinski definition) is 7. The highest BCUT2D eigenvalue weighted by Gasteiger charge is 2.49. The van der Waals surface area contributed by atoms with Crippen LogP contribution in [0.1, 0.15) is 46.0 Å². The second kappa shape index (κ2) is 15.1. The molecule has 4 aliphatic rings. The molecule has 13 heteroatoms. The summed E-state index contributed by atoms with van der Waals surface area (Å²) in [5.41, 5.74) is 6.39. The van der Waals surface area contributed by atoms with Crippen molar-refractivity contribution < 1.29 is 34.0 Å². The maximum atomic E-state index is 13.7. The van der Waals surface area contributed by atoms with Crippen molar-refractivity contribution in [1.29, 1.82) is 0 Å². The molecule has 5 unspecified atom stereocenters. The van der Waals surface area contributed by atoms with E-state index < -0.39 is 47.2 Å². The first kappa shape index (κ1) is 34.1. The Morgan fingerprint density at radius 3 is 2.62 bits per heavy atom. The molecule has 3 saturated heterocycles. The number of fused-ring (bicyclic) bond motifs is 3. The van der Waals surface area contributed by atoms with E-state index in [1.807, 2.05) is 12.2 Å². The first-order valence-electron chi connectivity index (χ1n) is 15.9. The number of allylic oxidation sites excluding steroid dienone is 1. The number of nitrogens with two attached hydrogens (primary N) is 2. The maximum Gasteiger partial charge on any atom is 0.240 e. The van der Waals surface area contributed by atoms with Gasteiger partial charge in [-0.3, -0.25) is 9.80 Å². The van der Waals surface area contributed by atoms with E-state index in [0.717, 1.165) is 19.3 Å². The van der Waals surface area contributed by atoms with Crippen molar-refractivity contribution in [3.63, 3.8) is 0 Å². The van der Waals surface area contributed by atoms with Crippen molar-refractivity contribution >= 4 is 23.4 Å². The minimum atomic E-state index is -1.50. The normalized spacial score (nSPS) is 38.2. The summed E-state index contributed by atoms with van der Waals surface area (Å²) in [6.45, 7) is 5.78. The number of ether oxygens (including phenoxy) is 2. The number of thioether (sulfide) groups is 1. The molecule has 0 saturated carbocycles. The first-order chi connectivity index (χ1) is 21.5. The second-order valence-corrected chi connectivity index (χ2v) is 14.4. The predicted octanol–water partition coefficient (Wildman–Crippen LogP) is 1.48. The van der Waals surface area contributed by atoms with Crippen LogP contribution in [-0.4, -0.2) is 87.7 Å². The van der Waals surface area contributed by atoms with Crippen molar-refractivity contribution in [2.45, 2.75) is 99.2 Å². The molecule has 1 aromatic carbocycles. The van der Waals surface area contributed by atoms with Gasteiger partial charge in [-0.15, -0.1) is 11.8 Å². The number of aliphatic hydroxyl groups is 3. The van der Waals surface area contributed by atoms with Gasteiger partial charge in [-0.25, -0.2) is 10.2 Å². The number of carbonyl (C=O) groups excluding carboxylic acids is 1. The lowest BCUT2D eigenvalue weighted by Crippen LogP contribution is -2.64. The van der Waals surface area contributed by atoms with E-state index in [0.29, 0.717) is 49.2 Å². The average molecular weight is 650 g/mol. The molecule has 3 fully saturated rings. The molecule has 4 aliphatic heterocycles. The molecule has 9 N–H and O–H groups in total. The molecular formula is C32H48FN5O6S. The highest BCUT2D eigenvalue weighted by atomic mass is 32.2. The standard InChI is InChI=1S/C32H48FN5O6S/c1-17(2)13-18-11-12-43-29-19(14-18)15-36-25(29)31(42)37-23-5-3-4-6-24(45-32-28(41)26(39)27(40)30(23)44-32)22(34)16-38(35)21-9-7-20(33)8-10-21/h3-4,7-10,16-19,23-30,32,36,39-41H,5-6,11-15,34-35H2,1-2H3,(H,37,42)/b4-3-,22-16-/t18-,19-,23+,24-,25-,26?,27?,28?,29+,30?,32?/m0/s1. The predicted molar refractivity (Wildman–Crippen MR) is 171 cm³/mol. The summed E-state index contributed by atoms with van der Waals surface area (Å²) in [5, 5.41) is 40.0. The minimum Gasteiger partial charge on any atom is -0.400 e. The van der Waals surface area contributed by atoms with Crippen LogP contribution in [0.25, 0.3) is 0 Å². The van der Waals surface area contributed by atoms with Crippen LogP contribution in [0, 0.1) is 23.6 Å². The summed E-state index contributed by atoms with van der Waals surface area (Å²) in [4.78, 5) is 13.7. The molecule has 2 bridgehead atoms. The molecule has 1 amide bonds. The van der Waals surface area contributed by atoms with Gasteiger partial charge in [-0.2, -0.15) is 0 Å². The minimum absolute atomic E-state index is 0.238. The van der Waals surface area contributed by atoms with Gasteiger partial charge in [-0.05, 0) is 74.1 Å². The van der Waals surface area contributed by atoms with Gasteiger partial charge in [0.15, 0.2) is 0 Å². The van der Waals surface area contributed by atoms with Crippen LogP contribution in [0.4, 0.5) is 10.1 Å². The molecule has 4 heterocycles. The third-order valence-corrected chi connectivity index (χ3v) is 10.7. The lowest BCUT2D eigenvalue weighted by atomic mass is 9.85. The van der Waals surface area contributed by atoms with Crippen LogP contribution >= 0.6 is 11.8 Å². The number of benzene rings is 1. The lowest BCUT2D eigenvalue weighted by molar-refractivity contribution is -0.205. The van der Waals surface area contributed by atoms with E-state index in [-0.39, 0.29) is 23.7 Å². The zero-order chi connectivity index (χ0) is 32.2. The number of anilines is 1. The van der Waals surface area contributed by atoms with E-state index in [2.05, 4.69) is 24.5 Å². The Labute approximate surface area is 268 Å². The molecule has 11 atom stereocenters. The fraction of sp³-hybridized carbons (Fsp3) is 0.656. The van der Waals surface area contributed by atoms with Crippen LogP contribution < -0.4 is 27.2 Å². The van der Waals surface area contributed by atoms with Gasteiger partial charge >= 0.3 is 0 Å². The van der Waals surface area contributed by atoms with E-state index in [1.54, 1.807) is 0 Å². The summed E-state index contributed by atoms with van der Waals surface area (Å²) in [7, 11) is 0. The van der Waals surface area contributed by atoms with Crippen LogP contribution in [-0.2, 0) is 14.3 Å². The van der Waals surface area contributed by atoms with Gasteiger partial charge in [-0.1, -0.05) is 26.0 Å². The second-order valence-electron chi connectivity index (χ2n) is 13.1. The molecule has 0 radical (unpaired) electrons. The van der Waals surface area contributed by atoms with Crippen molar-refractivity contribution in [3.05, 3.63) is 54.1 Å². The van der Waals surface area contributed by atoms with Gasteiger partial charge in [0.25, 0.3) is 0 Å². The zero-order valence-corrected chi connectivity index (χ0v) is 26.7. The number of nitrogens with zero attached hydrogens (tertiary/aromatic N) is 1. The third-order valence-electron chi connectivity index (χ3n) is 9.27. The van der Waals surface area contributed by atoms with Crippen molar-refractivity contribution in [3.8, 4) is 0 Å². The summed E-state index contributed by atoms with van der Waals surface area (Å²) in [6.07, 6.45) is 3.68. The topological polar surface area (TPSA) is 176 Å². The van der Waals surface area contributed by atoms with E-state index >= 15 is 0 Å². The number of rotatable bonds is 7. The smallest absolute Gasteiger partial charge is 0.240 e. The number of halogens is 1. The van der Waals surface area contributed by atoms with Crippen molar-refractivity contribution in [1.82, 2.24) is 10.6 Å². The Morgan fingerprint density at radius 1 is 1.16 bits per heavy atom. The molecule has 250 valence electrons. The van der Waals surface area contributed by atoms with E-state index in [9.17, 15) is 24.5 Å². The molecule has 0 spiro atoms. The Bertz CT molecular complexity index is 1210. The highest BCUT2D eigenvalue weighted by Crippen LogP contribution is 2.37. The molecule has 0 aliphatic carbocycles. The molecule has 45 heavy (non-hydrogen) atoms. The van der Waals surface area contributed by atoms with E-state index in [1.165, 1.54) is 47.2 Å². The molecule has 0 aromatic heterocycles. The van der Waals surface area contributed by atoms with Gasteiger partial charge in [0, 0.05) is 25.0 Å². The van der Waals surface area contributed by atoms with Crippen LogP contribution in [0.15, 0.2) is 48.3 Å². The van der Waals surface area contributed by atoms with Gasteiger partial charge in [0.1, 0.15) is 41.7 Å². The summed E-state index contributed by atoms with van der Waals surface area (Å²) >= 11 is 1.20. The molecule has 5 rings (SSSR count). The fourth-order valence-electron chi connectivity index (χ4n) is 6.96. The average Bonchev–Trinajstić information content (AvgIpc) is 3.29. The molecular weight excluding hydrogens is 601 g/mol. The Balaban J connectivity index is 1.29. The zero-order valence-electron chi connectivity index (χ0n) is 25.9. The van der Waals surface area contributed by atoms with Gasteiger partial charge < -0.3 is 41.2 Å². The number of hydrazine groups is 1. The number of nitrogens with one attached hydrogen (secondary N) is 2. The fourth-order valence-corrected chi connectivity index (χ4v) is 8.24. The first-order valence-corrected chi connectivity index (χ1v) is 16.9. The Hall–Kier alpha value is -2.23. The van der Waals surface area contributed by atoms with Crippen LogP contribution in [0.3, 0.4) is 0 Å². The van der Waals surface area contributed by atoms with Crippen molar-refractivity contribution in [2.24, 2.45) is 29.3 Å². The SMILES string of the molecule is CC(C)C[C@@H]1CCO[C@@H]2[C@H](CN[C@@H]2C(=O)N[C@@H]2C/C=C\C[C@@H](/C(N)=C/N(N)c3ccc(F)cc3)SC3OC2C(O)C(O)C3O)C1. The summed E-state index contributed by atoms with van der Waals surface area (Å²) < 4.78 is 25.8. The number of aliphatic hydroxyl groups excluding tert-OH is 3. The Kier molecular flexibility index (Phi) is 11.5. The van der Waals surface area contributed by atoms with E-state index in [4.69, 9.17) is 21.1 Å². The highest BCUT2D eigenvalue weighted by molar-refractivity contribution is 8.00. The number of carbonyl (C=O) groups is 1. The maximum absolute atomic E-state index is 13.7. The quantitative estimate of drug-likeness (QED) is 0.129. The van der Waals surface area contributed by atoms with Crippen LogP contribution in [0.2, 0.25) is 0 Å². The van der Waals surface area contributed by atoms with Gasteiger partial charge in [0.05, 0.1) is 23.1 Å². The lowest BCUT2D eigenvalue weighted by Gasteiger charge is -2.44. The number of amides is 1. The van der Waals surface area contributed by atoms with Crippen LogP contribution in [0.5, 0.6) is 0 Å². The summed E-state index contributed by atoms with van der Waals surface area (Å²) in [5.74, 6) is 6.96. The Morgan fingerprint density at radius 2 is 1.89 bits per heavy atom. The van der Waals surface area contributed by atoms with Gasteiger partial charge in [0.2, 0.25) is 5.91 Å². The van der Waals surface area contributed by atoms with Crippen molar-refractivity contribution in [2.75, 3.05) is 18.2 Å². The monoisotopic (exact) mass is 649 g/mol. The molecule has 11 nitrogen and oxygen atoms in total. The number of hydrogen-bond acceptors (Lipinski definition) is 11. The third kappa shape index (κ3) is 8.20. The largest absolute Gasteiger partial charge is 0.400 e. The molecule has 1 aromatic rings. The summed E-state index contributed by atoms with van der Waals surface area (Å²) in [6, 6.07) is 4.43.